The van der Waals surface area contributed by atoms with Crippen LogP contribution in [0.15, 0.2) is 30.3 Å². The zero-order valence-corrected chi connectivity index (χ0v) is 12.9. The Bertz CT molecular complexity index is 570. The molecule has 102 valence electrons. The fourth-order valence-electron chi connectivity index (χ4n) is 1.90. The molecule has 0 radical (unpaired) electrons. The highest BCUT2D eigenvalue weighted by Gasteiger charge is 2.14. The van der Waals surface area contributed by atoms with Crippen LogP contribution in [0.4, 0.5) is 4.39 Å². The quantitative estimate of drug-likeness (QED) is 0.773. The van der Waals surface area contributed by atoms with Gasteiger partial charge in [-0.1, -0.05) is 29.3 Å². The zero-order chi connectivity index (χ0) is 14.0. The molecule has 0 saturated carbocycles. The van der Waals surface area contributed by atoms with Gasteiger partial charge in [-0.2, -0.15) is 0 Å². The molecule has 0 aliphatic heterocycles. The van der Waals surface area contributed by atoms with Crippen molar-refractivity contribution in [1.29, 1.82) is 0 Å². The second kappa shape index (κ2) is 6.23. The third kappa shape index (κ3) is 3.69. The minimum atomic E-state index is -0.393. The van der Waals surface area contributed by atoms with Crippen LogP contribution in [0.3, 0.4) is 0 Å². The Labute approximate surface area is 126 Å². The lowest BCUT2D eigenvalue weighted by Gasteiger charge is -2.19. The van der Waals surface area contributed by atoms with Crippen LogP contribution in [0.25, 0.3) is 0 Å². The van der Waals surface area contributed by atoms with Gasteiger partial charge in [0.15, 0.2) is 0 Å². The summed E-state index contributed by atoms with van der Waals surface area (Å²) >= 11 is 13.3. The molecule has 0 aliphatic rings. The maximum absolute atomic E-state index is 13.1. The molecule has 2 unspecified atom stereocenters. The highest BCUT2D eigenvalue weighted by atomic mass is 35.5. The molecule has 0 amide bonds. The van der Waals surface area contributed by atoms with E-state index in [0.29, 0.717) is 0 Å². The maximum Gasteiger partial charge on any atom is 0.141 e. The van der Waals surface area contributed by atoms with E-state index in [1.807, 2.05) is 19.1 Å². The molecule has 0 aliphatic carbocycles. The third-order valence-electron chi connectivity index (χ3n) is 2.96. The molecule has 1 heterocycles. The predicted octanol–water partition coefficient (Wildman–Crippen LogP) is 5.61. The maximum atomic E-state index is 13.1. The SMILES string of the molecule is CC(NC(C)c1ccc(Cl)s1)c1ccc(F)c(Cl)c1. The lowest BCUT2D eigenvalue weighted by atomic mass is 10.1. The number of halogens is 3. The van der Waals surface area contributed by atoms with Crippen LogP contribution in [0.1, 0.15) is 36.4 Å². The fourth-order valence-corrected chi connectivity index (χ4v) is 3.16. The van der Waals surface area contributed by atoms with Gasteiger partial charge in [0.2, 0.25) is 0 Å². The van der Waals surface area contributed by atoms with E-state index in [1.165, 1.54) is 10.9 Å². The van der Waals surface area contributed by atoms with Gasteiger partial charge < -0.3 is 5.32 Å². The van der Waals surface area contributed by atoms with Crippen molar-refractivity contribution in [1.82, 2.24) is 5.32 Å². The lowest BCUT2D eigenvalue weighted by Crippen LogP contribution is -2.21. The van der Waals surface area contributed by atoms with Crippen LogP contribution < -0.4 is 5.32 Å². The van der Waals surface area contributed by atoms with Crippen molar-refractivity contribution >= 4 is 34.5 Å². The second-order valence-electron chi connectivity index (χ2n) is 4.43. The van der Waals surface area contributed by atoms with E-state index in [2.05, 4.69) is 12.2 Å². The normalized spacial score (nSPS) is 14.4. The lowest BCUT2D eigenvalue weighted by molar-refractivity contribution is 0.499. The molecule has 0 bridgehead atoms. The van der Waals surface area contributed by atoms with Crippen molar-refractivity contribution in [2.75, 3.05) is 0 Å². The molecule has 0 saturated heterocycles. The van der Waals surface area contributed by atoms with E-state index < -0.39 is 5.82 Å². The van der Waals surface area contributed by atoms with E-state index in [0.717, 1.165) is 9.90 Å². The molecule has 2 atom stereocenters. The fraction of sp³-hybridized carbons (Fsp3) is 0.286. The third-order valence-corrected chi connectivity index (χ3v) is 4.67. The summed E-state index contributed by atoms with van der Waals surface area (Å²) in [5, 5.41) is 3.59. The number of hydrogen-bond donors (Lipinski definition) is 1. The molecule has 0 fully saturated rings. The average Bonchev–Trinajstić information content (AvgIpc) is 2.79. The van der Waals surface area contributed by atoms with Crippen LogP contribution in [0.5, 0.6) is 0 Å². The van der Waals surface area contributed by atoms with Gasteiger partial charge in [0, 0.05) is 17.0 Å². The van der Waals surface area contributed by atoms with Crippen LogP contribution in [-0.4, -0.2) is 0 Å². The first-order valence-corrected chi connectivity index (χ1v) is 7.51. The first-order chi connectivity index (χ1) is 8.97. The van der Waals surface area contributed by atoms with Gasteiger partial charge in [-0.3, -0.25) is 0 Å². The molecular weight excluding hydrogens is 304 g/mol. The van der Waals surface area contributed by atoms with Crippen molar-refractivity contribution in [3.63, 3.8) is 0 Å². The second-order valence-corrected chi connectivity index (χ2v) is 6.58. The highest BCUT2D eigenvalue weighted by molar-refractivity contribution is 7.16. The Morgan fingerprint density at radius 2 is 1.84 bits per heavy atom. The van der Waals surface area contributed by atoms with Gasteiger partial charge in [-0.25, -0.2) is 4.39 Å². The van der Waals surface area contributed by atoms with Crippen LogP contribution in [0.2, 0.25) is 9.36 Å². The summed E-state index contributed by atoms with van der Waals surface area (Å²) in [6, 6.07) is 8.94. The Morgan fingerprint density at radius 3 is 2.42 bits per heavy atom. The van der Waals surface area contributed by atoms with E-state index >= 15 is 0 Å². The van der Waals surface area contributed by atoms with Crippen molar-refractivity contribution in [2.45, 2.75) is 25.9 Å². The van der Waals surface area contributed by atoms with E-state index in [1.54, 1.807) is 23.5 Å². The van der Waals surface area contributed by atoms with Crippen molar-refractivity contribution < 1.29 is 4.39 Å². The minimum Gasteiger partial charge on any atom is -0.303 e. The molecule has 19 heavy (non-hydrogen) atoms. The Kier molecular flexibility index (Phi) is 4.85. The Morgan fingerprint density at radius 1 is 1.11 bits per heavy atom. The van der Waals surface area contributed by atoms with Gasteiger partial charge in [0.25, 0.3) is 0 Å². The van der Waals surface area contributed by atoms with Gasteiger partial charge in [-0.05, 0) is 43.7 Å². The van der Waals surface area contributed by atoms with Crippen LogP contribution >= 0.6 is 34.5 Å². The average molecular weight is 318 g/mol. The molecule has 1 aromatic heterocycles. The topological polar surface area (TPSA) is 12.0 Å². The van der Waals surface area contributed by atoms with Crippen molar-refractivity contribution in [3.05, 3.63) is 55.9 Å². The number of benzene rings is 1. The number of rotatable bonds is 4. The number of hydrogen-bond acceptors (Lipinski definition) is 2. The van der Waals surface area contributed by atoms with Gasteiger partial charge in [-0.15, -0.1) is 11.3 Å². The van der Waals surface area contributed by atoms with Gasteiger partial charge in [0.05, 0.1) is 9.36 Å². The van der Waals surface area contributed by atoms with Crippen LogP contribution in [-0.2, 0) is 0 Å². The summed E-state index contributed by atoms with van der Waals surface area (Å²) in [6.45, 7) is 4.10. The molecule has 0 spiro atoms. The van der Waals surface area contributed by atoms with Gasteiger partial charge in [0.1, 0.15) is 5.82 Å². The monoisotopic (exact) mass is 317 g/mol. The summed E-state index contributed by atoms with van der Waals surface area (Å²) in [5.41, 5.74) is 0.959. The molecule has 1 aromatic carbocycles. The Balaban J connectivity index is 2.07. The largest absolute Gasteiger partial charge is 0.303 e. The molecule has 5 heteroatoms. The summed E-state index contributed by atoms with van der Waals surface area (Å²) < 4.78 is 13.9. The minimum absolute atomic E-state index is 0.0778. The predicted molar refractivity (Wildman–Crippen MR) is 80.7 cm³/mol. The van der Waals surface area contributed by atoms with E-state index in [-0.39, 0.29) is 17.1 Å². The molecule has 1 nitrogen and oxygen atoms in total. The number of thiophene rings is 1. The smallest absolute Gasteiger partial charge is 0.141 e. The molecular formula is C14H14Cl2FNS. The van der Waals surface area contributed by atoms with E-state index in [4.69, 9.17) is 23.2 Å². The molecule has 1 N–H and O–H groups in total. The first-order valence-electron chi connectivity index (χ1n) is 5.93. The van der Waals surface area contributed by atoms with Crippen LogP contribution in [0, 0.1) is 5.82 Å². The Hall–Kier alpha value is -0.610. The summed E-state index contributed by atoms with van der Waals surface area (Å²) in [5.74, 6) is -0.393. The van der Waals surface area contributed by atoms with E-state index in [9.17, 15) is 4.39 Å². The molecule has 2 rings (SSSR count). The first kappa shape index (κ1) is 14.8. The summed E-state index contributed by atoms with van der Waals surface area (Å²) in [6.07, 6.45) is 0. The van der Waals surface area contributed by atoms with Gasteiger partial charge >= 0.3 is 0 Å². The summed E-state index contributed by atoms with van der Waals surface area (Å²) in [7, 11) is 0. The van der Waals surface area contributed by atoms with Crippen molar-refractivity contribution in [3.8, 4) is 0 Å². The standard InChI is InChI=1S/C14H14Cl2FNS/c1-8(10-3-4-12(17)11(15)7-10)18-9(2)13-5-6-14(16)19-13/h3-9,18H,1-2H3. The summed E-state index contributed by atoms with van der Waals surface area (Å²) in [4.78, 5) is 1.17. The molecule has 2 aromatic rings. The zero-order valence-electron chi connectivity index (χ0n) is 10.6. The van der Waals surface area contributed by atoms with Crippen molar-refractivity contribution in [2.24, 2.45) is 0 Å². The number of nitrogens with one attached hydrogen (secondary N) is 1. The highest BCUT2D eigenvalue weighted by Crippen LogP contribution is 2.29.